The van der Waals surface area contributed by atoms with Gasteiger partial charge in [-0.2, -0.15) is 0 Å². The highest BCUT2D eigenvalue weighted by Gasteiger charge is 2.27. The molecule has 0 unspecified atom stereocenters. The Hall–Kier alpha value is -2.80. The minimum atomic E-state index is -0.0612. The molecule has 0 saturated carbocycles. The first kappa shape index (κ1) is 18.6. The Balaban J connectivity index is 1.25. The zero-order valence-electron chi connectivity index (χ0n) is 15.3. The van der Waals surface area contributed by atoms with E-state index in [1.807, 2.05) is 59.5 Å². The number of piperidine rings is 1. The molecule has 1 aromatic heterocycles. The molecule has 144 valence electrons. The van der Waals surface area contributed by atoms with Crippen molar-refractivity contribution in [1.29, 1.82) is 0 Å². The van der Waals surface area contributed by atoms with Crippen LogP contribution in [0.25, 0.3) is 11.1 Å². The van der Waals surface area contributed by atoms with Gasteiger partial charge in [-0.1, -0.05) is 42.1 Å². The molecular weight excluding hydrogens is 374 g/mol. The first-order valence-corrected chi connectivity index (χ1v) is 10.3. The second-order valence-electron chi connectivity index (χ2n) is 6.75. The van der Waals surface area contributed by atoms with Crippen molar-refractivity contribution >= 4 is 40.4 Å². The van der Waals surface area contributed by atoms with Gasteiger partial charge in [0, 0.05) is 24.7 Å². The lowest BCUT2D eigenvalue weighted by Gasteiger charge is -2.31. The number of thioether (sulfide) groups is 1. The molecule has 28 heavy (non-hydrogen) atoms. The summed E-state index contributed by atoms with van der Waals surface area (Å²) in [6.45, 7) is 1.19. The molecule has 0 spiro atoms. The van der Waals surface area contributed by atoms with Crippen LogP contribution in [-0.4, -0.2) is 40.5 Å². The molecule has 2 heterocycles. The number of carbonyl (C=O) groups excluding carboxylic acids is 2. The van der Waals surface area contributed by atoms with E-state index in [9.17, 15) is 9.59 Å². The Morgan fingerprint density at radius 3 is 2.54 bits per heavy atom. The van der Waals surface area contributed by atoms with Gasteiger partial charge in [-0.25, -0.2) is 4.98 Å². The smallest absolute Gasteiger partial charge is 0.257 e. The lowest BCUT2D eigenvalue weighted by Crippen LogP contribution is -2.42. The van der Waals surface area contributed by atoms with Gasteiger partial charge in [-0.05, 0) is 37.1 Å². The molecule has 2 aromatic carbocycles. The van der Waals surface area contributed by atoms with E-state index in [2.05, 4.69) is 10.3 Å². The van der Waals surface area contributed by atoms with Gasteiger partial charge in [-0.3, -0.25) is 9.59 Å². The van der Waals surface area contributed by atoms with Crippen LogP contribution in [0.4, 0.5) is 5.69 Å². The summed E-state index contributed by atoms with van der Waals surface area (Å²) in [7, 11) is 0. The maximum absolute atomic E-state index is 12.5. The minimum Gasteiger partial charge on any atom is -0.431 e. The lowest BCUT2D eigenvalue weighted by atomic mass is 9.96. The Kier molecular flexibility index (Phi) is 5.62. The highest BCUT2D eigenvalue weighted by atomic mass is 32.2. The van der Waals surface area contributed by atoms with Crippen molar-refractivity contribution in [2.75, 3.05) is 24.2 Å². The molecule has 1 aliphatic heterocycles. The summed E-state index contributed by atoms with van der Waals surface area (Å²) in [5.74, 6) is 0.301. The molecule has 3 aromatic rings. The maximum atomic E-state index is 12.5. The molecular formula is C21H21N3O3S. The van der Waals surface area contributed by atoms with Gasteiger partial charge in [0.25, 0.3) is 5.22 Å². The zero-order valence-corrected chi connectivity index (χ0v) is 16.2. The van der Waals surface area contributed by atoms with Crippen molar-refractivity contribution in [3.63, 3.8) is 0 Å². The third-order valence-corrected chi connectivity index (χ3v) is 5.67. The van der Waals surface area contributed by atoms with Crippen molar-refractivity contribution in [2.45, 2.75) is 18.1 Å². The van der Waals surface area contributed by atoms with Crippen LogP contribution in [0.2, 0.25) is 0 Å². The number of aromatic nitrogens is 1. The number of oxazole rings is 1. The van der Waals surface area contributed by atoms with Gasteiger partial charge in [0.15, 0.2) is 5.58 Å². The van der Waals surface area contributed by atoms with E-state index in [0.29, 0.717) is 31.2 Å². The van der Waals surface area contributed by atoms with Crippen molar-refractivity contribution in [3.8, 4) is 0 Å². The number of benzene rings is 2. The SMILES string of the molecule is O=C(Nc1ccccc1)C1CCN(C(=O)CSc2nc3ccccc3o2)CC1. The first-order valence-electron chi connectivity index (χ1n) is 9.31. The number of fused-ring (bicyclic) bond motifs is 1. The van der Waals surface area contributed by atoms with E-state index in [1.54, 1.807) is 0 Å². The van der Waals surface area contributed by atoms with Crippen molar-refractivity contribution in [2.24, 2.45) is 5.92 Å². The largest absolute Gasteiger partial charge is 0.431 e. The summed E-state index contributed by atoms with van der Waals surface area (Å²) in [5, 5.41) is 3.45. The number of para-hydroxylation sites is 3. The number of hydrogen-bond acceptors (Lipinski definition) is 5. The molecule has 7 heteroatoms. The highest BCUT2D eigenvalue weighted by Crippen LogP contribution is 2.25. The van der Waals surface area contributed by atoms with Crippen LogP contribution < -0.4 is 5.32 Å². The van der Waals surface area contributed by atoms with Gasteiger partial charge < -0.3 is 14.6 Å². The van der Waals surface area contributed by atoms with E-state index in [-0.39, 0.29) is 23.5 Å². The fourth-order valence-corrected chi connectivity index (χ4v) is 4.03. The number of nitrogens with one attached hydrogen (secondary N) is 1. The van der Waals surface area contributed by atoms with Crippen LogP contribution in [0.15, 0.2) is 64.2 Å². The van der Waals surface area contributed by atoms with E-state index < -0.39 is 0 Å². The lowest BCUT2D eigenvalue weighted by molar-refractivity contribution is -0.132. The summed E-state index contributed by atoms with van der Waals surface area (Å²) in [6.07, 6.45) is 1.36. The molecule has 0 aliphatic carbocycles. The van der Waals surface area contributed by atoms with E-state index >= 15 is 0 Å². The van der Waals surface area contributed by atoms with E-state index in [4.69, 9.17) is 4.42 Å². The number of anilines is 1. The summed E-state index contributed by atoms with van der Waals surface area (Å²) >= 11 is 1.31. The number of hydrogen-bond donors (Lipinski definition) is 1. The summed E-state index contributed by atoms with van der Waals surface area (Å²) < 4.78 is 5.64. The van der Waals surface area contributed by atoms with E-state index in [0.717, 1.165) is 16.8 Å². The Labute approximate surface area is 167 Å². The van der Waals surface area contributed by atoms with Crippen LogP contribution in [0.5, 0.6) is 0 Å². The standard InChI is InChI=1S/C21H21N3O3S/c25-19(14-28-21-23-17-8-4-5-9-18(17)27-21)24-12-10-15(11-13-24)20(26)22-16-6-2-1-3-7-16/h1-9,15H,10-14H2,(H,22,26). The second-order valence-corrected chi connectivity index (χ2v) is 7.67. The number of likely N-dealkylation sites (tertiary alicyclic amines) is 1. The Bertz CT molecular complexity index is 932. The van der Waals surface area contributed by atoms with Gasteiger partial charge in [0.05, 0.1) is 5.75 Å². The Morgan fingerprint density at radius 2 is 1.79 bits per heavy atom. The molecule has 6 nitrogen and oxygen atoms in total. The number of rotatable bonds is 5. The number of nitrogens with zero attached hydrogens (tertiary/aromatic N) is 2. The third kappa shape index (κ3) is 4.36. The predicted molar refractivity (Wildman–Crippen MR) is 109 cm³/mol. The fraction of sp³-hybridized carbons (Fsp3) is 0.286. The van der Waals surface area contributed by atoms with E-state index in [1.165, 1.54) is 11.8 Å². The summed E-state index contributed by atoms with van der Waals surface area (Å²) in [5.41, 5.74) is 2.33. The summed E-state index contributed by atoms with van der Waals surface area (Å²) in [6, 6.07) is 17.0. The molecule has 1 fully saturated rings. The predicted octanol–water partition coefficient (Wildman–Crippen LogP) is 3.80. The normalized spacial score (nSPS) is 14.9. The first-order chi connectivity index (χ1) is 13.7. The molecule has 1 N–H and O–H groups in total. The maximum Gasteiger partial charge on any atom is 0.257 e. The zero-order chi connectivity index (χ0) is 19.3. The second kappa shape index (κ2) is 8.48. The van der Waals surface area contributed by atoms with Crippen LogP contribution in [0.1, 0.15) is 12.8 Å². The van der Waals surface area contributed by atoms with Crippen molar-refractivity contribution < 1.29 is 14.0 Å². The molecule has 4 rings (SSSR count). The van der Waals surface area contributed by atoms with Crippen molar-refractivity contribution in [3.05, 3.63) is 54.6 Å². The number of amides is 2. The summed E-state index contributed by atoms with van der Waals surface area (Å²) in [4.78, 5) is 31.1. The minimum absolute atomic E-state index is 0.0270. The van der Waals surface area contributed by atoms with Gasteiger partial charge in [0.2, 0.25) is 11.8 Å². The average Bonchev–Trinajstić information content (AvgIpc) is 3.16. The molecule has 0 atom stereocenters. The molecule has 1 aliphatic rings. The number of carbonyl (C=O) groups is 2. The van der Waals surface area contributed by atoms with Crippen LogP contribution in [-0.2, 0) is 9.59 Å². The van der Waals surface area contributed by atoms with Gasteiger partial charge in [-0.15, -0.1) is 0 Å². The molecule has 0 radical (unpaired) electrons. The fourth-order valence-electron chi connectivity index (χ4n) is 3.28. The third-order valence-electron chi connectivity index (χ3n) is 4.85. The van der Waals surface area contributed by atoms with Gasteiger partial charge >= 0.3 is 0 Å². The topological polar surface area (TPSA) is 75.4 Å². The quantitative estimate of drug-likeness (QED) is 0.665. The monoisotopic (exact) mass is 395 g/mol. The average molecular weight is 395 g/mol. The highest BCUT2D eigenvalue weighted by molar-refractivity contribution is 7.99. The van der Waals surface area contributed by atoms with Crippen LogP contribution >= 0.6 is 11.8 Å². The Morgan fingerprint density at radius 1 is 1.07 bits per heavy atom. The van der Waals surface area contributed by atoms with Crippen LogP contribution in [0, 0.1) is 5.92 Å². The molecule has 1 saturated heterocycles. The van der Waals surface area contributed by atoms with Gasteiger partial charge in [0.1, 0.15) is 5.52 Å². The van der Waals surface area contributed by atoms with Crippen molar-refractivity contribution in [1.82, 2.24) is 9.88 Å². The van der Waals surface area contributed by atoms with Crippen LogP contribution in [0.3, 0.4) is 0 Å². The molecule has 0 bridgehead atoms. The molecule has 2 amide bonds.